The van der Waals surface area contributed by atoms with Crippen LogP contribution in [0.15, 0.2) is 18.6 Å². The van der Waals surface area contributed by atoms with Crippen LogP contribution in [0.5, 0.6) is 0 Å². The Labute approximate surface area is 103 Å². The summed E-state index contributed by atoms with van der Waals surface area (Å²) in [5, 5.41) is 3.25. The lowest BCUT2D eigenvalue weighted by atomic mass is 10.3. The molecule has 17 heavy (non-hydrogen) atoms. The van der Waals surface area contributed by atoms with Crippen LogP contribution >= 0.6 is 11.3 Å². The Hall–Kier alpha value is -1.82. The van der Waals surface area contributed by atoms with Crippen molar-refractivity contribution in [3.05, 3.63) is 39.9 Å². The maximum absolute atomic E-state index is 11.7. The summed E-state index contributed by atoms with van der Waals surface area (Å²) in [6.45, 7) is 4.15. The van der Waals surface area contributed by atoms with Crippen LogP contribution in [0.25, 0.3) is 0 Å². The van der Waals surface area contributed by atoms with Gasteiger partial charge in [-0.2, -0.15) is 0 Å². The third-order valence-electron chi connectivity index (χ3n) is 2.21. The second kappa shape index (κ2) is 5.01. The lowest BCUT2D eigenvalue weighted by Gasteiger charge is -2.04. The maximum atomic E-state index is 11.7. The highest BCUT2D eigenvalue weighted by molar-refractivity contribution is 7.13. The van der Waals surface area contributed by atoms with E-state index in [-0.39, 0.29) is 5.91 Å². The molecule has 2 rings (SSSR count). The molecule has 2 heterocycles. The summed E-state index contributed by atoms with van der Waals surface area (Å²) >= 11 is 1.38. The van der Waals surface area contributed by atoms with Gasteiger partial charge in [-0.3, -0.25) is 14.8 Å². The molecule has 0 spiro atoms. The Balaban J connectivity index is 1.99. The predicted molar refractivity (Wildman–Crippen MR) is 64.8 cm³/mol. The van der Waals surface area contributed by atoms with Crippen molar-refractivity contribution >= 4 is 17.2 Å². The van der Waals surface area contributed by atoms with E-state index in [1.165, 1.54) is 11.3 Å². The number of aromatic nitrogens is 3. The first-order valence-electron chi connectivity index (χ1n) is 5.14. The van der Waals surface area contributed by atoms with E-state index >= 15 is 0 Å². The van der Waals surface area contributed by atoms with Crippen molar-refractivity contribution < 1.29 is 4.79 Å². The number of hydrogen-bond acceptors (Lipinski definition) is 5. The number of nitrogens with zero attached hydrogens (tertiary/aromatic N) is 3. The van der Waals surface area contributed by atoms with Crippen molar-refractivity contribution in [1.82, 2.24) is 20.3 Å². The van der Waals surface area contributed by atoms with E-state index in [9.17, 15) is 4.79 Å². The van der Waals surface area contributed by atoms with Gasteiger partial charge in [-0.05, 0) is 13.8 Å². The summed E-state index contributed by atoms with van der Waals surface area (Å²) in [5.74, 6) is -0.173. The first-order valence-corrected chi connectivity index (χ1v) is 5.95. The molecule has 6 heteroatoms. The third kappa shape index (κ3) is 2.85. The first-order chi connectivity index (χ1) is 8.16. The van der Waals surface area contributed by atoms with Crippen LogP contribution in [0.1, 0.15) is 26.1 Å². The summed E-state index contributed by atoms with van der Waals surface area (Å²) in [5.41, 5.74) is 1.59. The van der Waals surface area contributed by atoms with E-state index in [0.717, 1.165) is 16.3 Å². The summed E-state index contributed by atoms with van der Waals surface area (Å²) in [7, 11) is 0. The van der Waals surface area contributed by atoms with Gasteiger partial charge in [-0.25, -0.2) is 4.98 Å². The lowest BCUT2D eigenvalue weighted by Crippen LogP contribution is -2.23. The number of aryl methyl sites for hydroxylation is 2. The number of amides is 1. The average Bonchev–Trinajstić information content (AvgIpc) is 2.74. The van der Waals surface area contributed by atoms with Crippen molar-refractivity contribution in [3.8, 4) is 0 Å². The number of nitrogens with one attached hydrogen (secondary N) is 1. The zero-order chi connectivity index (χ0) is 12.3. The van der Waals surface area contributed by atoms with Crippen LogP contribution in [0.3, 0.4) is 0 Å². The molecule has 88 valence electrons. The monoisotopic (exact) mass is 248 g/mol. The number of carbonyl (C=O) groups is 1. The molecule has 0 fully saturated rings. The fourth-order valence-electron chi connectivity index (χ4n) is 1.31. The van der Waals surface area contributed by atoms with Crippen molar-refractivity contribution in [2.45, 2.75) is 20.4 Å². The maximum Gasteiger partial charge on any atom is 0.280 e. The van der Waals surface area contributed by atoms with Gasteiger partial charge in [0.2, 0.25) is 0 Å². The zero-order valence-corrected chi connectivity index (χ0v) is 10.4. The van der Waals surface area contributed by atoms with Gasteiger partial charge in [-0.15, -0.1) is 11.3 Å². The third-order valence-corrected chi connectivity index (χ3v) is 3.13. The second-order valence-corrected chi connectivity index (χ2v) is 4.78. The molecule has 0 aliphatic carbocycles. The summed E-state index contributed by atoms with van der Waals surface area (Å²) in [6.07, 6.45) is 4.93. The molecule has 0 saturated heterocycles. The molecule has 1 N–H and O–H groups in total. The molecule has 0 saturated carbocycles. The second-order valence-electron chi connectivity index (χ2n) is 3.55. The minimum atomic E-state index is -0.173. The highest BCUT2D eigenvalue weighted by atomic mass is 32.1. The molecule has 1 amide bonds. The van der Waals surface area contributed by atoms with Gasteiger partial charge in [0.1, 0.15) is 0 Å². The Morgan fingerprint density at radius 1 is 1.29 bits per heavy atom. The molecule has 0 aliphatic heterocycles. The van der Waals surface area contributed by atoms with E-state index in [1.807, 2.05) is 13.8 Å². The van der Waals surface area contributed by atoms with E-state index in [1.54, 1.807) is 18.6 Å². The largest absolute Gasteiger partial charge is 0.344 e. The first kappa shape index (κ1) is 11.7. The van der Waals surface area contributed by atoms with Gasteiger partial charge < -0.3 is 5.32 Å². The molecule has 5 nitrogen and oxygen atoms in total. The SMILES string of the molecule is Cc1cnc(C(=O)NCc2nccnc2C)s1. The quantitative estimate of drug-likeness (QED) is 0.893. The number of thiazole rings is 1. The van der Waals surface area contributed by atoms with Gasteiger partial charge in [0.25, 0.3) is 5.91 Å². The Morgan fingerprint density at radius 2 is 2.06 bits per heavy atom. The van der Waals surface area contributed by atoms with E-state index in [0.29, 0.717) is 11.6 Å². The normalized spacial score (nSPS) is 10.2. The summed E-state index contributed by atoms with van der Waals surface area (Å²) in [4.78, 5) is 25.0. The highest BCUT2D eigenvalue weighted by Crippen LogP contribution is 2.10. The van der Waals surface area contributed by atoms with Crippen LogP contribution in [-0.2, 0) is 6.54 Å². The molecule has 0 radical (unpaired) electrons. The fraction of sp³-hybridized carbons (Fsp3) is 0.273. The number of hydrogen-bond donors (Lipinski definition) is 1. The van der Waals surface area contributed by atoms with Crippen LogP contribution in [-0.4, -0.2) is 20.9 Å². The zero-order valence-electron chi connectivity index (χ0n) is 9.60. The van der Waals surface area contributed by atoms with Gasteiger partial charge in [-0.1, -0.05) is 0 Å². The van der Waals surface area contributed by atoms with Gasteiger partial charge in [0, 0.05) is 23.5 Å². The summed E-state index contributed by atoms with van der Waals surface area (Å²) in [6, 6.07) is 0. The number of carbonyl (C=O) groups excluding carboxylic acids is 1. The molecular formula is C11H12N4OS. The van der Waals surface area contributed by atoms with E-state index < -0.39 is 0 Å². The van der Waals surface area contributed by atoms with Crippen molar-refractivity contribution in [1.29, 1.82) is 0 Å². The van der Waals surface area contributed by atoms with Crippen molar-refractivity contribution in [2.75, 3.05) is 0 Å². The van der Waals surface area contributed by atoms with E-state index in [2.05, 4.69) is 20.3 Å². The minimum Gasteiger partial charge on any atom is -0.344 e. The van der Waals surface area contributed by atoms with Gasteiger partial charge >= 0.3 is 0 Å². The molecule has 0 aromatic carbocycles. The van der Waals surface area contributed by atoms with Crippen molar-refractivity contribution in [3.63, 3.8) is 0 Å². The molecule has 2 aromatic heterocycles. The Bertz CT molecular complexity index is 538. The predicted octanol–water partition coefficient (Wildman–Crippen LogP) is 1.48. The Kier molecular flexibility index (Phi) is 3.43. The standard InChI is InChI=1S/C11H12N4OS/c1-7-5-15-11(17-7)10(16)14-6-9-8(2)12-3-4-13-9/h3-5H,6H2,1-2H3,(H,14,16). The molecular weight excluding hydrogens is 236 g/mol. The molecule has 0 unspecified atom stereocenters. The van der Waals surface area contributed by atoms with E-state index in [4.69, 9.17) is 0 Å². The Morgan fingerprint density at radius 3 is 2.71 bits per heavy atom. The highest BCUT2D eigenvalue weighted by Gasteiger charge is 2.10. The van der Waals surface area contributed by atoms with Crippen LogP contribution < -0.4 is 5.32 Å². The van der Waals surface area contributed by atoms with Crippen molar-refractivity contribution in [2.24, 2.45) is 0 Å². The molecule has 0 bridgehead atoms. The van der Waals surface area contributed by atoms with Gasteiger partial charge in [0.05, 0.1) is 17.9 Å². The molecule has 0 aliphatic rings. The summed E-state index contributed by atoms with van der Waals surface area (Å²) < 4.78 is 0. The lowest BCUT2D eigenvalue weighted by molar-refractivity contribution is 0.0950. The average molecular weight is 248 g/mol. The van der Waals surface area contributed by atoms with Crippen LogP contribution in [0, 0.1) is 13.8 Å². The minimum absolute atomic E-state index is 0.173. The van der Waals surface area contributed by atoms with Crippen LogP contribution in [0.4, 0.5) is 0 Å². The van der Waals surface area contributed by atoms with Gasteiger partial charge in [0.15, 0.2) is 5.01 Å². The topological polar surface area (TPSA) is 67.8 Å². The van der Waals surface area contributed by atoms with Crippen LogP contribution in [0.2, 0.25) is 0 Å². The smallest absolute Gasteiger partial charge is 0.280 e. The molecule has 2 aromatic rings. The fourth-order valence-corrected chi connectivity index (χ4v) is 1.99. The number of rotatable bonds is 3. The molecule has 0 atom stereocenters.